The van der Waals surface area contributed by atoms with Crippen molar-refractivity contribution in [2.75, 3.05) is 38.7 Å². The molecule has 1 saturated heterocycles. The van der Waals surface area contributed by atoms with E-state index in [0.717, 1.165) is 12.1 Å². The third-order valence-corrected chi connectivity index (χ3v) is 7.10. The number of likely N-dealkylation sites (tertiary alicyclic amines) is 1. The van der Waals surface area contributed by atoms with Crippen LogP contribution in [0.1, 0.15) is 71.1 Å². The summed E-state index contributed by atoms with van der Waals surface area (Å²) in [5.74, 6) is 0.230. The fourth-order valence-corrected chi connectivity index (χ4v) is 5.63. The number of piperidine rings is 1. The predicted molar refractivity (Wildman–Crippen MR) is 137 cm³/mol. The minimum Gasteiger partial charge on any atom is -0.465 e. The Kier molecular flexibility index (Phi) is 6.74. The Hall–Kier alpha value is -3.17. The van der Waals surface area contributed by atoms with E-state index in [0.29, 0.717) is 43.0 Å². The molecule has 36 heavy (non-hydrogen) atoms. The van der Waals surface area contributed by atoms with Crippen LogP contribution in [0.15, 0.2) is 11.0 Å². The zero-order valence-electron chi connectivity index (χ0n) is 22.4. The first kappa shape index (κ1) is 25.9. The molecule has 4 rings (SSSR count). The third-order valence-electron chi connectivity index (χ3n) is 7.10. The van der Waals surface area contributed by atoms with Crippen LogP contribution in [0.25, 0.3) is 11.2 Å². The summed E-state index contributed by atoms with van der Waals surface area (Å²) in [6.45, 7) is 10.7. The summed E-state index contributed by atoms with van der Waals surface area (Å²) in [4.78, 5) is 52.0. The Morgan fingerprint density at radius 3 is 2.47 bits per heavy atom. The number of rotatable bonds is 4. The van der Waals surface area contributed by atoms with E-state index in [-0.39, 0.29) is 42.1 Å². The molecule has 0 saturated carbocycles. The van der Waals surface area contributed by atoms with E-state index >= 15 is 0 Å². The molecule has 2 aromatic heterocycles. The molecule has 0 unspecified atom stereocenters. The zero-order chi connectivity index (χ0) is 26.4. The third kappa shape index (κ3) is 4.65. The van der Waals surface area contributed by atoms with Gasteiger partial charge in [-0.2, -0.15) is 0 Å². The smallest absolute Gasteiger partial charge is 0.410 e. The lowest BCUT2D eigenvalue weighted by Gasteiger charge is -2.40. The minimum atomic E-state index is -0.566. The van der Waals surface area contributed by atoms with Gasteiger partial charge in [-0.1, -0.05) is 6.92 Å². The van der Waals surface area contributed by atoms with Gasteiger partial charge in [0.1, 0.15) is 18.0 Å². The summed E-state index contributed by atoms with van der Waals surface area (Å²) in [5, 5.41) is 0. The maximum atomic E-state index is 14.0. The van der Waals surface area contributed by atoms with Crippen molar-refractivity contribution in [3.8, 4) is 0 Å². The molecule has 1 spiro atoms. The van der Waals surface area contributed by atoms with Crippen LogP contribution in [-0.2, 0) is 26.2 Å². The van der Waals surface area contributed by atoms with E-state index in [1.165, 1.54) is 0 Å². The molecule has 1 atom stereocenters. The monoisotopic (exact) mass is 499 g/mol. The highest BCUT2D eigenvalue weighted by Crippen LogP contribution is 2.50. The molecule has 2 aromatic rings. The summed E-state index contributed by atoms with van der Waals surface area (Å²) in [6.07, 6.45) is 3.34. The maximum absolute atomic E-state index is 14.0. The topological polar surface area (TPSA) is 107 Å². The highest BCUT2D eigenvalue weighted by Gasteiger charge is 2.49. The number of hydrogen-bond donors (Lipinski definition) is 0. The zero-order valence-corrected chi connectivity index (χ0v) is 22.4. The van der Waals surface area contributed by atoms with Crippen LogP contribution < -0.4 is 10.3 Å². The number of ether oxygens (including phenoxy) is 2. The molecule has 10 heteroatoms. The lowest BCUT2D eigenvalue weighted by molar-refractivity contribution is -0.143. The standard InChI is InChI=1S/C26H37N5O5/c1-8-35-18(32)15-31-21-16(2)13-26(9-11-30(12-10-26)24(34)36-25(3,4)5)19(21)22(33)20-23(31)27-14-17(28-20)29(6)7/h14,16H,8-13,15H2,1-7H3/t16-/m0/s1. The molecule has 0 aromatic carbocycles. The summed E-state index contributed by atoms with van der Waals surface area (Å²) >= 11 is 0. The number of nitrogens with zero attached hydrogens (tertiary/aromatic N) is 5. The molecular weight excluding hydrogens is 462 g/mol. The van der Waals surface area contributed by atoms with Gasteiger partial charge >= 0.3 is 12.1 Å². The Bertz CT molecular complexity index is 1240. The van der Waals surface area contributed by atoms with E-state index in [9.17, 15) is 14.4 Å². The van der Waals surface area contributed by atoms with Crippen molar-refractivity contribution in [3.63, 3.8) is 0 Å². The number of carbonyl (C=O) groups excluding carboxylic acids is 2. The van der Waals surface area contributed by atoms with Gasteiger partial charge < -0.3 is 23.8 Å². The second-order valence-electron chi connectivity index (χ2n) is 11.1. The van der Waals surface area contributed by atoms with Crippen LogP contribution >= 0.6 is 0 Å². The van der Waals surface area contributed by atoms with Gasteiger partial charge in [0.15, 0.2) is 11.2 Å². The van der Waals surface area contributed by atoms with E-state index in [1.54, 1.807) is 22.9 Å². The number of fused-ring (bicyclic) bond motifs is 3. The van der Waals surface area contributed by atoms with E-state index in [2.05, 4.69) is 16.9 Å². The average Bonchev–Trinajstić information content (AvgIpc) is 3.07. The number of esters is 1. The summed E-state index contributed by atoms with van der Waals surface area (Å²) in [5.41, 5.74) is 1.10. The number of carbonyl (C=O) groups is 2. The van der Waals surface area contributed by atoms with Gasteiger partial charge in [0.05, 0.1) is 12.8 Å². The lowest BCUT2D eigenvalue weighted by Crippen LogP contribution is -2.47. The molecule has 1 aliphatic heterocycles. The van der Waals surface area contributed by atoms with E-state index in [1.807, 2.05) is 39.4 Å². The second-order valence-corrected chi connectivity index (χ2v) is 11.1. The Morgan fingerprint density at radius 1 is 1.22 bits per heavy atom. The predicted octanol–water partition coefficient (Wildman–Crippen LogP) is 3.20. The summed E-state index contributed by atoms with van der Waals surface area (Å²) in [6, 6.07) is 0. The van der Waals surface area contributed by atoms with Gasteiger partial charge in [0.25, 0.3) is 0 Å². The van der Waals surface area contributed by atoms with Crippen molar-refractivity contribution in [1.29, 1.82) is 0 Å². The van der Waals surface area contributed by atoms with Crippen molar-refractivity contribution in [1.82, 2.24) is 19.4 Å². The molecule has 0 N–H and O–H groups in total. The van der Waals surface area contributed by atoms with Crippen LogP contribution in [0.4, 0.5) is 10.6 Å². The van der Waals surface area contributed by atoms with Crippen molar-refractivity contribution in [3.05, 3.63) is 27.7 Å². The van der Waals surface area contributed by atoms with Crippen LogP contribution in [0.2, 0.25) is 0 Å². The van der Waals surface area contributed by atoms with Gasteiger partial charge in [0.2, 0.25) is 5.43 Å². The van der Waals surface area contributed by atoms with Crippen LogP contribution in [0.3, 0.4) is 0 Å². The van der Waals surface area contributed by atoms with E-state index in [4.69, 9.17) is 9.47 Å². The largest absolute Gasteiger partial charge is 0.465 e. The first-order valence-electron chi connectivity index (χ1n) is 12.6. The Balaban J connectivity index is 1.81. The van der Waals surface area contributed by atoms with Gasteiger partial charge in [0, 0.05) is 43.9 Å². The number of pyridine rings is 1. The first-order valence-corrected chi connectivity index (χ1v) is 12.6. The Morgan fingerprint density at radius 2 is 1.89 bits per heavy atom. The molecule has 1 aliphatic carbocycles. The van der Waals surface area contributed by atoms with Crippen molar-refractivity contribution >= 4 is 29.0 Å². The first-order chi connectivity index (χ1) is 16.9. The molecule has 1 amide bonds. The second kappa shape index (κ2) is 9.37. The summed E-state index contributed by atoms with van der Waals surface area (Å²) < 4.78 is 12.6. The fourth-order valence-electron chi connectivity index (χ4n) is 5.63. The van der Waals surface area contributed by atoms with Gasteiger partial charge in [-0.25, -0.2) is 14.8 Å². The van der Waals surface area contributed by atoms with Crippen LogP contribution in [0, 0.1) is 0 Å². The summed E-state index contributed by atoms with van der Waals surface area (Å²) in [7, 11) is 3.69. The quantitative estimate of drug-likeness (QED) is 0.591. The normalized spacial score (nSPS) is 18.9. The molecule has 0 bridgehead atoms. The minimum absolute atomic E-state index is 0.0343. The maximum Gasteiger partial charge on any atom is 0.410 e. The fraction of sp³-hybridized carbons (Fsp3) is 0.654. The Labute approximate surface area is 211 Å². The van der Waals surface area contributed by atoms with Crippen molar-refractivity contribution in [2.45, 2.75) is 77.4 Å². The molecule has 1 fully saturated rings. The molecule has 196 valence electrons. The van der Waals surface area contributed by atoms with Gasteiger partial charge in [-0.3, -0.25) is 9.59 Å². The van der Waals surface area contributed by atoms with Crippen molar-refractivity contribution in [2.24, 2.45) is 0 Å². The van der Waals surface area contributed by atoms with E-state index < -0.39 is 11.0 Å². The molecule has 3 heterocycles. The van der Waals surface area contributed by atoms with Gasteiger partial charge in [-0.15, -0.1) is 0 Å². The van der Waals surface area contributed by atoms with Crippen molar-refractivity contribution < 1.29 is 19.1 Å². The van der Waals surface area contributed by atoms with Crippen LogP contribution in [-0.4, -0.2) is 70.9 Å². The highest BCUT2D eigenvalue weighted by atomic mass is 16.6. The number of hydrogen-bond acceptors (Lipinski definition) is 8. The molecule has 0 radical (unpaired) electrons. The molecule has 2 aliphatic rings. The van der Waals surface area contributed by atoms with Gasteiger partial charge in [-0.05, 0) is 52.9 Å². The highest BCUT2D eigenvalue weighted by molar-refractivity contribution is 5.78. The molecule has 10 nitrogen and oxygen atoms in total. The molecular formula is C26H37N5O5. The number of amides is 1. The van der Waals surface area contributed by atoms with Crippen LogP contribution in [0.5, 0.6) is 0 Å². The lowest BCUT2D eigenvalue weighted by atomic mass is 9.73. The SMILES string of the molecule is CCOC(=O)Cn1c2c(c(=O)c3nc(N(C)C)cnc31)C1(CCN(C(=O)OC(C)(C)C)CC1)C[C@@H]2C. The average molecular weight is 500 g/mol. The number of anilines is 1. The number of aromatic nitrogens is 3.